The van der Waals surface area contributed by atoms with E-state index in [-0.39, 0.29) is 0 Å². The molecule has 0 radical (unpaired) electrons. The first-order valence-electron chi connectivity index (χ1n) is 5.66. The quantitative estimate of drug-likeness (QED) is 0.760. The number of hydrogen-bond acceptors (Lipinski definition) is 3. The van der Waals surface area contributed by atoms with E-state index in [1.807, 2.05) is 12.3 Å². The van der Waals surface area contributed by atoms with E-state index in [4.69, 9.17) is 5.26 Å². The fourth-order valence-electron chi connectivity index (χ4n) is 1.59. The Morgan fingerprint density at radius 3 is 2.81 bits per heavy atom. The fraction of sp³-hybridized carbons (Fsp3) is 0.538. The van der Waals surface area contributed by atoms with Crippen molar-refractivity contribution in [2.24, 2.45) is 0 Å². The molecule has 0 fully saturated rings. The zero-order valence-electron chi connectivity index (χ0n) is 10.3. The van der Waals surface area contributed by atoms with Crippen molar-refractivity contribution in [1.82, 2.24) is 9.88 Å². The summed E-state index contributed by atoms with van der Waals surface area (Å²) in [4.78, 5) is 6.66. The van der Waals surface area contributed by atoms with Gasteiger partial charge in [0.2, 0.25) is 0 Å². The van der Waals surface area contributed by atoms with Gasteiger partial charge in [0.05, 0.1) is 11.8 Å². The number of aromatic nitrogens is 1. The Bertz CT molecular complexity index is 366. The van der Waals surface area contributed by atoms with Crippen LogP contribution in [0.5, 0.6) is 0 Å². The normalized spacial score (nSPS) is 10.8. The van der Waals surface area contributed by atoms with Crippen LogP contribution in [0.4, 0.5) is 0 Å². The molecule has 0 N–H and O–H groups in total. The lowest BCUT2D eigenvalue weighted by Crippen LogP contribution is -2.31. The first-order chi connectivity index (χ1) is 7.65. The molecule has 86 valence electrons. The summed E-state index contributed by atoms with van der Waals surface area (Å²) in [6.45, 7) is 8.01. The van der Waals surface area contributed by atoms with Crippen LogP contribution in [0.2, 0.25) is 0 Å². The Labute approximate surface area is 97.7 Å². The van der Waals surface area contributed by atoms with Crippen LogP contribution in [0, 0.1) is 18.3 Å². The second kappa shape index (κ2) is 6.24. The molecule has 0 aliphatic rings. The molecule has 3 nitrogen and oxygen atoms in total. The Hall–Kier alpha value is -1.40. The van der Waals surface area contributed by atoms with Crippen molar-refractivity contribution >= 4 is 0 Å². The van der Waals surface area contributed by atoms with E-state index in [1.165, 1.54) is 5.56 Å². The highest BCUT2D eigenvalue weighted by atomic mass is 15.1. The molecule has 0 spiro atoms. The lowest BCUT2D eigenvalue weighted by molar-refractivity contribution is 0.215. The van der Waals surface area contributed by atoms with Gasteiger partial charge in [-0.25, -0.2) is 0 Å². The van der Waals surface area contributed by atoms with E-state index in [0.29, 0.717) is 12.5 Å². The van der Waals surface area contributed by atoms with E-state index in [2.05, 4.69) is 42.8 Å². The Kier molecular flexibility index (Phi) is 4.94. The third-order valence-corrected chi connectivity index (χ3v) is 2.71. The van der Waals surface area contributed by atoms with Crippen LogP contribution in [-0.4, -0.2) is 22.5 Å². The lowest BCUT2D eigenvalue weighted by atomic mass is 10.2. The Morgan fingerprint density at radius 1 is 1.50 bits per heavy atom. The summed E-state index contributed by atoms with van der Waals surface area (Å²) in [5, 5.41) is 8.63. The van der Waals surface area contributed by atoms with Crippen molar-refractivity contribution in [2.45, 2.75) is 39.8 Å². The molecule has 0 aliphatic carbocycles. The predicted octanol–water partition coefficient (Wildman–Crippen LogP) is 2.51. The summed E-state index contributed by atoms with van der Waals surface area (Å²) in [6.07, 6.45) is 2.40. The average Bonchev–Trinajstić information content (AvgIpc) is 2.26. The molecule has 0 aliphatic heterocycles. The monoisotopic (exact) mass is 217 g/mol. The largest absolute Gasteiger partial charge is 0.294 e. The number of aryl methyl sites for hydroxylation is 1. The van der Waals surface area contributed by atoms with Gasteiger partial charge >= 0.3 is 0 Å². The number of rotatable bonds is 5. The Morgan fingerprint density at radius 2 is 2.25 bits per heavy atom. The van der Waals surface area contributed by atoms with Gasteiger partial charge in [-0.2, -0.15) is 5.26 Å². The third kappa shape index (κ3) is 3.63. The van der Waals surface area contributed by atoms with Gasteiger partial charge in [0.1, 0.15) is 0 Å². The molecule has 0 atom stereocenters. The Balaban J connectivity index is 2.69. The molecule has 16 heavy (non-hydrogen) atoms. The van der Waals surface area contributed by atoms with Crippen molar-refractivity contribution in [3.8, 4) is 6.07 Å². The summed E-state index contributed by atoms with van der Waals surface area (Å²) >= 11 is 0. The maximum Gasteiger partial charge on any atom is 0.0635 e. The van der Waals surface area contributed by atoms with Gasteiger partial charge in [-0.3, -0.25) is 9.88 Å². The first-order valence-corrected chi connectivity index (χ1v) is 5.66. The standard InChI is InChI=1S/C13H19N3/c1-11(2)16(9-5-7-14)10-13-12(3)6-4-8-15-13/h4,6,8,11H,5,9-10H2,1-3H3. The topological polar surface area (TPSA) is 39.9 Å². The molecule has 0 saturated heterocycles. The van der Waals surface area contributed by atoms with Crippen LogP contribution in [0.1, 0.15) is 31.5 Å². The minimum atomic E-state index is 0.440. The number of nitriles is 1. The van der Waals surface area contributed by atoms with Crippen LogP contribution in [-0.2, 0) is 6.54 Å². The minimum Gasteiger partial charge on any atom is -0.294 e. The van der Waals surface area contributed by atoms with Gasteiger partial charge in [0.15, 0.2) is 0 Å². The molecule has 1 aromatic heterocycles. The van der Waals surface area contributed by atoms with Crippen molar-refractivity contribution in [3.63, 3.8) is 0 Å². The molecule has 0 saturated carbocycles. The summed E-state index contributed by atoms with van der Waals surface area (Å²) in [5.41, 5.74) is 2.32. The van der Waals surface area contributed by atoms with E-state index in [1.54, 1.807) is 0 Å². The second-order valence-electron chi connectivity index (χ2n) is 4.24. The van der Waals surface area contributed by atoms with Gasteiger partial charge in [-0.15, -0.1) is 0 Å². The van der Waals surface area contributed by atoms with Gasteiger partial charge < -0.3 is 0 Å². The van der Waals surface area contributed by atoms with Gasteiger partial charge in [-0.05, 0) is 32.4 Å². The smallest absolute Gasteiger partial charge is 0.0635 e. The van der Waals surface area contributed by atoms with Crippen LogP contribution >= 0.6 is 0 Å². The highest BCUT2D eigenvalue weighted by molar-refractivity contribution is 5.17. The van der Waals surface area contributed by atoms with Crippen LogP contribution in [0.25, 0.3) is 0 Å². The molecule has 1 rings (SSSR count). The van der Waals surface area contributed by atoms with Crippen molar-refractivity contribution in [1.29, 1.82) is 5.26 Å². The average molecular weight is 217 g/mol. The highest BCUT2D eigenvalue weighted by Gasteiger charge is 2.11. The third-order valence-electron chi connectivity index (χ3n) is 2.71. The highest BCUT2D eigenvalue weighted by Crippen LogP contribution is 2.10. The van der Waals surface area contributed by atoms with E-state index < -0.39 is 0 Å². The fourth-order valence-corrected chi connectivity index (χ4v) is 1.59. The predicted molar refractivity (Wildman–Crippen MR) is 64.8 cm³/mol. The zero-order valence-corrected chi connectivity index (χ0v) is 10.3. The molecular weight excluding hydrogens is 198 g/mol. The zero-order chi connectivity index (χ0) is 12.0. The second-order valence-corrected chi connectivity index (χ2v) is 4.24. The van der Waals surface area contributed by atoms with Crippen LogP contribution in [0.15, 0.2) is 18.3 Å². The molecule has 0 bridgehead atoms. The minimum absolute atomic E-state index is 0.440. The van der Waals surface area contributed by atoms with Crippen molar-refractivity contribution in [2.75, 3.05) is 6.54 Å². The van der Waals surface area contributed by atoms with Crippen molar-refractivity contribution in [3.05, 3.63) is 29.6 Å². The molecule has 1 heterocycles. The maximum absolute atomic E-state index is 8.63. The van der Waals surface area contributed by atoms with E-state index >= 15 is 0 Å². The molecular formula is C13H19N3. The van der Waals surface area contributed by atoms with Gasteiger partial charge in [0.25, 0.3) is 0 Å². The number of nitrogens with zero attached hydrogens (tertiary/aromatic N) is 3. The van der Waals surface area contributed by atoms with Crippen LogP contribution in [0.3, 0.4) is 0 Å². The molecule has 0 amide bonds. The molecule has 1 aromatic rings. The first kappa shape index (κ1) is 12.7. The summed E-state index contributed by atoms with van der Waals surface area (Å²) in [7, 11) is 0. The number of pyridine rings is 1. The summed E-state index contributed by atoms with van der Waals surface area (Å²) in [6, 6.07) is 6.66. The summed E-state index contributed by atoms with van der Waals surface area (Å²) in [5.74, 6) is 0. The maximum atomic E-state index is 8.63. The number of hydrogen-bond donors (Lipinski definition) is 0. The molecule has 0 unspecified atom stereocenters. The van der Waals surface area contributed by atoms with E-state index in [0.717, 1.165) is 18.8 Å². The molecule has 3 heteroatoms. The summed E-state index contributed by atoms with van der Waals surface area (Å²) < 4.78 is 0. The lowest BCUT2D eigenvalue weighted by Gasteiger charge is -2.25. The van der Waals surface area contributed by atoms with Crippen LogP contribution < -0.4 is 0 Å². The molecule has 0 aromatic carbocycles. The van der Waals surface area contributed by atoms with E-state index in [9.17, 15) is 0 Å². The van der Waals surface area contributed by atoms with Gasteiger partial charge in [-0.1, -0.05) is 6.07 Å². The van der Waals surface area contributed by atoms with Gasteiger partial charge in [0, 0.05) is 31.7 Å². The SMILES string of the molecule is Cc1cccnc1CN(CCC#N)C(C)C. The van der Waals surface area contributed by atoms with Crippen molar-refractivity contribution < 1.29 is 0 Å².